The predicted octanol–water partition coefficient (Wildman–Crippen LogP) is 8.59. The van der Waals surface area contributed by atoms with Gasteiger partial charge in [0.2, 0.25) is 0 Å². The molecular formula is C36H58N4O2. The van der Waals surface area contributed by atoms with Crippen LogP contribution in [0.5, 0.6) is 11.5 Å². The Bertz CT molecular complexity index is 1160. The number of nitrogens with zero attached hydrogens (tertiary/aromatic N) is 4. The van der Waals surface area contributed by atoms with Gasteiger partial charge in [0, 0.05) is 50.6 Å². The molecule has 6 heteroatoms. The summed E-state index contributed by atoms with van der Waals surface area (Å²) in [4.78, 5) is 4.89. The first-order valence-electron chi connectivity index (χ1n) is 16.3. The molecule has 1 aliphatic heterocycles. The van der Waals surface area contributed by atoms with E-state index in [1.54, 1.807) is 11.8 Å². The van der Waals surface area contributed by atoms with Crippen molar-refractivity contribution in [2.24, 2.45) is 7.05 Å². The van der Waals surface area contributed by atoms with E-state index in [4.69, 9.17) is 9.47 Å². The van der Waals surface area contributed by atoms with Crippen molar-refractivity contribution in [3.63, 3.8) is 0 Å². The van der Waals surface area contributed by atoms with Crippen LogP contribution >= 0.6 is 0 Å². The van der Waals surface area contributed by atoms with Crippen molar-refractivity contribution in [2.45, 2.75) is 92.6 Å². The molecule has 1 aliphatic carbocycles. The largest absolute Gasteiger partial charge is 0.496 e. The van der Waals surface area contributed by atoms with Crippen LogP contribution in [0, 0.1) is 0 Å². The van der Waals surface area contributed by atoms with Crippen molar-refractivity contribution in [3.8, 4) is 22.6 Å². The van der Waals surface area contributed by atoms with Gasteiger partial charge in [-0.2, -0.15) is 5.10 Å². The molecule has 5 rings (SSSR count). The maximum atomic E-state index is 6.37. The van der Waals surface area contributed by atoms with Crippen LogP contribution in [0.4, 0.5) is 5.69 Å². The smallest absolute Gasteiger partial charge is 0.143 e. The lowest BCUT2D eigenvalue weighted by Crippen LogP contribution is -2.44. The van der Waals surface area contributed by atoms with Crippen LogP contribution in [0.25, 0.3) is 11.1 Å². The Morgan fingerprint density at radius 2 is 1.55 bits per heavy atom. The molecule has 234 valence electrons. The van der Waals surface area contributed by atoms with Crippen LogP contribution in [0.1, 0.15) is 91.2 Å². The minimum atomic E-state index is 0.434. The van der Waals surface area contributed by atoms with Crippen molar-refractivity contribution < 1.29 is 9.47 Å². The van der Waals surface area contributed by atoms with Gasteiger partial charge in [-0.15, -0.1) is 0 Å². The fourth-order valence-corrected chi connectivity index (χ4v) is 5.23. The molecule has 1 saturated carbocycles. The second kappa shape index (κ2) is 18.5. The third-order valence-electron chi connectivity index (χ3n) is 7.78. The first kappa shape index (κ1) is 35.2. The van der Waals surface area contributed by atoms with E-state index in [-0.39, 0.29) is 0 Å². The summed E-state index contributed by atoms with van der Waals surface area (Å²) in [5.41, 5.74) is 6.13. The van der Waals surface area contributed by atoms with Crippen molar-refractivity contribution >= 4 is 5.69 Å². The molecule has 0 atom stereocenters. The van der Waals surface area contributed by atoms with Crippen LogP contribution < -0.4 is 14.4 Å². The van der Waals surface area contributed by atoms with E-state index >= 15 is 0 Å². The number of hydrogen-bond acceptors (Lipinski definition) is 5. The molecule has 1 aromatic heterocycles. The highest BCUT2D eigenvalue weighted by Gasteiger charge is 2.22. The highest BCUT2D eigenvalue weighted by molar-refractivity contribution is 5.70. The molecule has 1 saturated heterocycles. The first-order chi connectivity index (χ1) is 20.4. The second-order valence-corrected chi connectivity index (χ2v) is 11.0. The van der Waals surface area contributed by atoms with Gasteiger partial charge in [-0.25, -0.2) is 0 Å². The summed E-state index contributed by atoms with van der Waals surface area (Å²) < 4.78 is 13.6. The number of anilines is 1. The van der Waals surface area contributed by atoms with E-state index in [1.165, 1.54) is 42.5 Å². The third-order valence-corrected chi connectivity index (χ3v) is 7.78. The van der Waals surface area contributed by atoms with Gasteiger partial charge in [0.1, 0.15) is 11.5 Å². The van der Waals surface area contributed by atoms with E-state index < -0.39 is 0 Å². The number of methoxy groups -OCH3 is 1. The molecule has 2 aromatic carbocycles. The summed E-state index contributed by atoms with van der Waals surface area (Å²) >= 11 is 0. The normalized spacial score (nSPS) is 15.2. The number of aryl methyl sites for hydroxylation is 2. The zero-order valence-corrected chi connectivity index (χ0v) is 28.2. The SMILES string of the molecule is CC.CC.CCc1ccc(N2CCN(C)CC2)c(OC2CCCC2)c1.COc1cc(C(C)C)ccc1-c1cnn(C)c1. The number of hydrogen-bond donors (Lipinski definition) is 0. The standard InChI is InChI=1S/C18H28N2O.C14H18N2O.2C2H6/c1-3-15-8-9-17(20-12-10-19(2)11-13-20)18(14-15)21-16-6-4-5-7-16;1-10(2)11-5-6-13(14(7-11)17-4)12-8-15-16(3)9-12;2*1-2/h8-9,14,16H,3-7,10-13H2,1-2H3;5-10H,1-4H3;2*1-2H3. The summed E-state index contributed by atoms with van der Waals surface area (Å²) in [7, 11) is 5.82. The Morgan fingerprint density at radius 3 is 2.10 bits per heavy atom. The summed E-state index contributed by atoms with van der Waals surface area (Å²) in [5, 5.41) is 4.19. The van der Waals surface area contributed by atoms with Crippen molar-refractivity contribution in [1.82, 2.24) is 14.7 Å². The molecule has 0 amide bonds. The number of aromatic nitrogens is 2. The Morgan fingerprint density at radius 1 is 0.881 bits per heavy atom. The van der Waals surface area contributed by atoms with Gasteiger partial charge in [0.05, 0.1) is 25.1 Å². The van der Waals surface area contributed by atoms with E-state index in [2.05, 4.69) is 79.1 Å². The quantitative estimate of drug-likeness (QED) is 0.281. The lowest BCUT2D eigenvalue weighted by Gasteiger charge is -2.35. The molecule has 2 aliphatic rings. The molecule has 0 radical (unpaired) electrons. The third kappa shape index (κ3) is 10.1. The van der Waals surface area contributed by atoms with Crippen LogP contribution in [-0.4, -0.2) is 61.1 Å². The summed E-state index contributed by atoms with van der Waals surface area (Å²) in [6.45, 7) is 19.0. The van der Waals surface area contributed by atoms with Gasteiger partial charge in [0.15, 0.2) is 0 Å². The Kier molecular flexibility index (Phi) is 15.5. The Balaban J connectivity index is 0.000000267. The molecule has 0 N–H and O–H groups in total. The fourth-order valence-electron chi connectivity index (χ4n) is 5.23. The maximum absolute atomic E-state index is 6.37. The molecule has 0 unspecified atom stereocenters. The highest BCUT2D eigenvalue weighted by Crippen LogP contribution is 2.34. The molecule has 2 heterocycles. The number of likely N-dealkylation sites (N-methyl/N-ethyl adjacent to an activating group) is 1. The number of rotatable bonds is 7. The fraction of sp³-hybridized carbons (Fsp3) is 0.583. The number of ether oxygens (including phenoxy) is 2. The van der Waals surface area contributed by atoms with Gasteiger partial charge in [-0.3, -0.25) is 4.68 Å². The van der Waals surface area contributed by atoms with Gasteiger partial charge in [-0.1, -0.05) is 66.7 Å². The lowest BCUT2D eigenvalue weighted by molar-refractivity contribution is 0.209. The number of piperazine rings is 1. The second-order valence-electron chi connectivity index (χ2n) is 11.0. The lowest BCUT2D eigenvalue weighted by atomic mass is 9.99. The number of benzene rings is 2. The van der Waals surface area contributed by atoms with Crippen LogP contribution in [0.2, 0.25) is 0 Å². The van der Waals surface area contributed by atoms with Crippen molar-refractivity contribution in [3.05, 3.63) is 59.9 Å². The molecular weight excluding hydrogens is 520 g/mol. The van der Waals surface area contributed by atoms with Gasteiger partial charge < -0.3 is 19.3 Å². The van der Waals surface area contributed by atoms with E-state index in [9.17, 15) is 0 Å². The van der Waals surface area contributed by atoms with Gasteiger partial charge in [-0.05, 0) is 74.4 Å². The zero-order valence-electron chi connectivity index (χ0n) is 28.2. The van der Waals surface area contributed by atoms with Crippen LogP contribution in [0.3, 0.4) is 0 Å². The molecule has 6 nitrogen and oxygen atoms in total. The maximum Gasteiger partial charge on any atom is 0.143 e. The average Bonchev–Trinajstić information content (AvgIpc) is 3.71. The van der Waals surface area contributed by atoms with Crippen LogP contribution in [-0.2, 0) is 13.5 Å². The van der Waals surface area contributed by atoms with Crippen LogP contribution in [0.15, 0.2) is 48.8 Å². The Labute approximate surface area is 257 Å². The average molecular weight is 579 g/mol. The molecule has 0 bridgehead atoms. The minimum absolute atomic E-state index is 0.434. The summed E-state index contributed by atoms with van der Waals surface area (Å²) in [5.74, 6) is 2.53. The molecule has 2 fully saturated rings. The highest BCUT2D eigenvalue weighted by atomic mass is 16.5. The van der Waals surface area contributed by atoms with E-state index in [0.717, 1.165) is 55.2 Å². The topological polar surface area (TPSA) is 42.8 Å². The monoisotopic (exact) mass is 578 g/mol. The van der Waals surface area contributed by atoms with Crippen molar-refractivity contribution in [2.75, 3.05) is 45.2 Å². The van der Waals surface area contributed by atoms with Gasteiger partial charge in [0.25, 0.3) is 0 Å². The minimum Gasteiger partial charge on any atom is -0.496 e. The zero-order chi connectivity index (χ0) is 31.1. The van der Waals surface area contributed by atoms with E-state index in [1.807, 2.05) is 47.1 Å². The summed E-state index contributed by atoms with van der Waals surface area (Å²) in [6.07, 6.45) is 10.4. The molecule has 0 spiro atoms. The molecule has 42 heavy (non-hydrogen) atoms. The predicted molar refractivity (Wildman–Crippen MR) is 180 cm³/mol. The van der Waals surface area contributed by atoms with E-state index in [0.29, 0.717) is 12.0 Å². The first-order valence-corrected chi connectivity index (χ1v) is 16.3. The molecule has 3 aromatic rings. The summed E-state index contributed by atoms with van der Waals surface area (Å²) in [6, 6.07) is 13.2. The van der Waals surface area contributed by atoms with Gasteiger partial charge >= 0.3 is 0 Å². The van der Waals surface area contributed by atoms with Crippen molar-refractivity contribution in [1.29, 1.82) is 0 Å². The Hall–Kier alpha value is -2.99.